The fraction of sp³-hybridized carbons (Fsp3) is 0.0500. The monoisotopic (exact) mass is 360 g/mol. The number of carbonyl (C=O) groups excluding carboxylic acids is 1. The highest BCUT2D eigenvalue weighted by molar-refractivity contribution is 6.31. The van der Waals surface area contributed by atoms with Crippen LogP contribution in [0.15, 0.2) is 72.8 Å². The molecule has 1 nitrogen and oxygen atoms in total. The first kappa shape index (κ1) is 17.2. The number of benzene rings is 3. The third kappa shape index (κ3) is 3.74. The first-order chi connectivity index (χ1) is 11.9. The summed E-state index contributed by atoms with van der Waals surface area (Å²) in [6.07, 6.45) is -4.41. The zero-order chi connectivity index (χ0) is 18.0. The summed E-state index contributed by atoms with van der Waals surface area (Å²) in [6.45, 7) is 0. The molecule has 0 aliphatic heterocycles. The van der Waals surface area contributed by atoms with Crippen LogP contribution >= 0.6 is 11.6 Å². The molecule has 0 aliphatic carbocycles. The zero-order valence-electron chi connectivity index (χ0n) is 12.8. The van der Waals surface area contributed by atoms with E-state index in [-0.39, 0.29) is 5.78 Å². The molecule has 0 unspecified atom stereocenters. The van der Waals surface area contributed by atoms with E-state index < -0.39 is 11.7 Å². The van der Waals surface area contributed by atoms with Gasteiger partial charge in [0, 0.05) is 16.1 Å². The average molecular weight is 361 g/mol. The predicted octanol–water partition coefficient (Wildman–Crippen LogP) is 6.26. The Morgan fingerprint density at radius 1 is 0.840 bits per heavy atom. The predicted molar refractivity (Wildman–Crippen MR) is 91.8 cm³/mol. The molecule has 126 valence electrons. The van der Waals surface area contributed by atoms with Crippen LogP contribution in [0.2, 0.25) is 5.02 Å². The van der Waals surface area contributed by atoms with Crippen LogP contribution in [-0.2, 0) is 6.18 Å². The number of carbonyl (C=O) groups is 1. The summed E-state index contributed by atoms with van der Waals surface area (Å²) in [6, 6.07) is 18.1. The van der Waals surface area contributed by atoms with Gasteiger partial charge >= 0.3 is 6.18 Å². The summed E-state index contributed by atoms with van der Waals surface area (Å²) < 4.78 is 38.2. The average Bonchev–Trinajstić information content (AvgIpc) is 2.61. The Hall–Kier alpha value is -2.59. The van der Waals surface area contributed by atoms with Crippen molar-refractivity contribution < 1.29 is 18.0 Å². The smallest absolute Gasteiger partial charge is 0.289 e. The maximum atomic E-state index is 12.8. The van der Waals surface area contributed by atoms with E-state index in [1.54, 1.807) is 48.5 Å². The quantitative estimate of drug-likeness (QED) is 0.504. The molecule has 3 rings (SSSR count). The molecular weight excluding hydrogens is 349 g/mol. The second kappa shape index (κ2) is 6.73. The molecule has 0 radical (unpaired) electrons. The van der Waals surface area contributed by atoms with Crippen LogP contribution in [0, 0.1) is 0 Å². The molecule has 0 amide bonds. The highest BCUT2D eigenvalue weighted by atomic mass is 35.5. The van der Waals surface area contributed by atoms with E-state index in [1.165, 1.54) is 12.1 Å². The van der Waals surface area contributed by atoms with Gasteiger partial charge in [-0.15, -0.1) is 0 Å². The van der Waals surface area contributed by atoms with Gasteiger partial charge in [0.1, 0.15) is 0 Å². The fourth-order valence-corrected chi connectivity index (χ4v) is 2.71. The van der Waals surface area contributed by atoms with Crippen LogP contribution in [-0.4, -0.2) is 5.78 Å². The molecule has 25 heavy (non-hydrogen) atoms. The molecule has 0 bridgehead atoms. The van der Waals surface area contributed by atoms with Crippen LogP contribution in [0.5, 0.6) is 0 Å². The van der Waals surface area contributed by atoms with E-state index in [0.717, 1.165) is 12.1 Å². The molecule has 3 aromatic carbocycles. The topological polar surface area (TPSA) is 17.1 Å². The number of hydrogen-bond acceptors (Lipinski definition) is 1. The number of hydrogen-bond donors (Lipinski definition) is 0. The molecule has 5 heteroatoms. The summed E-state index contributed by atoms with van der Waals surface area (Å²) in [4.78, 5) is 12.8. The maximum absolute atomic E-state index is 12.8. The summed E-state index contributed by atoms with van der Waals surface area (Å²) >= 11 is 6.03. The minimum Gasteiger partial charge on any atom is -0.289 e. The molecule has 0 fully saturated rings. The van der Waals surface area contributed by atoms with Crippen molar-refractivity contribution in [2.24, 2.45) is 0 Å². The highest BCUT2D eigenvalue weighted by Crippen LogP contribution is 2.33. The van der Waals surface area contributed by atoms with E-state index in [9.17, 15) is 18.0 Å². The van der Waals surface area contributed by atoms with Crippen LogP contribution in [0.4, 0.5) is 13.2 Å². The van der Waals surface area contributed by atoms with Gasteiger partial charge in [0.25, 0.3) is 0 Å². The van der Waals surface area contributed by atoms with Crippen molar-refractivity contribution in [2.75, 3.05) is 0 Å². The van der Waals surface area contributed by atoms with Crippen molar-refractivity contribution in [1.29, 1.82) is 0 Å². The van der Waals surface area contributed by atoms with Crippen molar-refractivity contribution in [1.82, 2.24) is 0 Å². The standard InChI is InChI=1S/C20H12ClF3O/c21-16-10-11-17(19(25)14-4-2-1-3-5-14)18(12-16)13-6-8-15(9-7-13)20(22,23)24/h1-12H. The Labute approximate surface area is 147 Å². The Morgan fingerprint density at radius 3 is 2.08 bits per heavy atom. The lowest BCUT2D eigenvalue weighted by atomic mass is 9.93. The molecular formula is C20H12ClF3O. The second-order valence-corrected chi connectivity index (χ2v) is 5.90. The summed E-state index contributed by atoms with van der Waals surface area (Å²) in [5, 5.41) is 0.402. The molecule has 0 aromatic heterocycles. The Kier molecular flexibility index (Phi) is 4.64. The molecule has 3 aromatic rings. The number of rotatable bonds is 3. The van der Waals surface area contributed by atoms with Gasteiger partial charge < -0.3 is 0 Å². The van der Waals surface area contributed by atoms with Crippen LogP contribution in [0.25, 0.3) is 11.1 Å². The minimum absolute atomic E-state index is 0.216. The molecule has 0 heterocycles. The maximum Gasteiger partial charge on any atom is 0.416 e. The van der Waals surface area contributed by atoms with Crippen molar-refractivity contribution in [2.45, 2.75) is 6.18 Å². The Morgan fingerprint density at radius 2 is 1.48 bits per heavy atom. The van der Waals surface area contributed by atoms with Crippen LogP contribution < -0.4 is 0 Å². The third-order valence-electron chi connectivity index (χ3n) is 3.79. The summed E-state index contributed by atoms with van der Waals surface area (Å²) in [5.41, 5.74) is 1.13. The van der Waals surface area contributed by atoms with Crippen molar-refractivity contribution in [3.05, 3.63) is 94.5 Å². The van der Waals surface area contributed by atoms with Gasteiger partial charge in [0.2, 0.25) is 0 Å². The lowest BCUT2D eigenvalue weighted by molar-refractivity contribution is -0.137. The first-order valence-electron chi connectivity index (χ1n) is 7.43. The van der Waals surface area contributed by atoms with Gasteiger partial charge in [-0.3, -0.25) is 4.79 Å². The van der Waals surface area contributed by atoms with E-state index >= 15 is 0 Å². The number of ketones is 1. The van der Waals surface area contributed by atoms with E-state index in [1.807, 2.05) is 0 Å². The van der Waals surface area contributed by atoms with Gasteiger partial charge in [0.05, 0.1) is 5.56 Å². The normalized spacial score (nSPS) is 11.4. The molecule has 0 atom stereocenters. The number of halogens is 4. The van der Waals surface area contributed by atoms with E-state index in [2.05, 4.69) is 0 Å². The van der Waals surface area contributed by atoms with Gasteiger partial charge in [0.15, 0.2) is 5.78 Å². The summed E-state index contributed by atoms with van der Waals surface area (Å²) in [5.74, 6) is -0.216. The Bertz CT molecular complexity index is 900. The van der Waals surface area contributed by atoms with E-state index in [0.29, 0.717) is 27.3 Å². The summed E-state index contributed by atoms with van der Waals surface area (Å²) in [7, 11) is 0. The molecule has 0 aliphatic rings. The van der Waals surface area contributed by atoms with Crippen molar-refractivity contribution in [3.63, 3.8) is 0 Å². The number of alkyl halides is 3. The molecule has 0 N–H and O–H groups in total. The lowest BCUT2D eigenvalue weighted by Gasteiger charge is -2.12. The first-order valence-corrected chi connectivity index (χ1v) is 7.81. The zero-order valence-corrected chi connectivity index (χ0v) is 13.6. The SMILES string of the molecule is O=C(c1ccccc1)c1ccc(Cl)cc1-c1ccc(C(F)(F)F)cc1. The second-order valence-electron chi connectivity index (χ2n) is 5.46. The highest BCUT2D eigenvalue weighted by Gasteiger charge is 2.30. The van der Waals surface area contributed by atoms with Crippen molar-refractivity contribution in [3.8, 4) is 11.1 Å². The van der Waals surface area contributed by atoms with E-state index in [4.69, 9.17) is 11.6 Å². The minimum atomic E-state index is -4.41. The largest absolute Gasteiger partial charge is 0.416 e. The third-order valence-corrected chi connectivity index (χ3v) is 4.02. The Balaban J connectivity index is 2.07. The molecule has 0 saturated carbocycles. The van der Waals surface area contributed by atoms with Gasteiger partial charge in [-0.2, -0.15) is 13.2 Å². The van der Waals surface area contributed by atoms with Gasteiger partial charge in [-0.05, 0) is 41.5 Å². The van der Waals surface area contributed by atoms with Gasteiger partial charge in [-0.25, -0.2) is 0 Å². The molecule has 0 saturated heterocycles. The van der Waals surface area contributed by atoms with Crippen LogP contribution in [0.1, 0.15) is 21.5 Å². The van der Waals surface area contributed by atoms with Crippen LogP contribution in [0.3, 0.4) is 0 Å². The van der Waals surface area contributed by atoms with Crippen molar-refractivity contribution >= 4 is 17.4 Å². The fourth-order valence-electron chi connectivity index (χ4n) is 2.54. The lowest BCUT2D eigenvalue weighted by Crippen LogP contribution is -2.05. The molecule has 0 spiro atoms. The van der Waals surface area contributed by atoms with Gasteiger partial charge in [-0.1, -0.05) is 54.1 Å².